The summed E-state index contributed by atoms with van der Waals surface area (Å²) in [7, 11) is 0. The van der Waals surface area contributed by atoms with Crippen LogP contribution in [-0.4, -0.2) is 14.5 Å². The average molecular weight is 364 g/mol. The number of rotatable bonds is 3. The summed E-state index contributed by atoms with van der Waals surface area (Å²) in [5, 5.41) is 3.73. The molecule has 3 rings (SSSR count). The Hall–Kier alpha value is -1.53. The lowest BCUT2D eigenvalue weighted by atomic mass is 10.2. The summed E-state index contributed by atoms with van der Waals surface area (Å²) in [4.78, 5) is 21.4. The third-order valence-corrected chi connectivity index (χ3v) is 4.87. The number of thiazole rings is 1. The van der Waals surface area contributed by atoms with Crippen molar-refractivity contribution in [2.45, 2.75) is 26.3 Å². The lowest BCUT2D eigenvalue weighted by molar-refractivity contribution is 0.725. The van der Waals surface area contributed by atoms with Crippen molar-refractivity contribution >= 4 is 38.2 Å². The molecule has 4 nitrogen and oxygen atoms in total. The van der Waals surface area contributed by atoms with Gasteiger partial charge < -0.3 is 0 Å². The number of hydrogen-bond donors (Lipinski definition) is 0. The second kappa shape index (κ2) is 5.69. The second-order valence-electron chi connectivity index (χ2n) is 5.17. The summed E-state index contributed by atoms with van der Waals surface area (Å²) in [5.41, 5.74) is 1.57. The minimum absolute atomic E-state index is 0.0356. The van der Waals surface area contributed by atoms with E-state index in [-0.39, 0.29) is 5.56 Å². The number of benzene rings is 1. The predicted octanol–water partition coefficient (Wildman–Crippen LogP) is 3.79. The number of aromatic nitrogens is 3. The van der Waals surface area contributed by atoms with Crippen molar-refractivity contribution in [2.75, 3.05) is 0 Å². The first-order valence-corrected chi connectivity index (χ1v) is 8.31. The minimum Gasteiger partial charge on any atom is -0.293 e. The van der Waals surface area contributed by atoms with Crippen molar-refractivity contribution in [1.82, 2.24) is 14.5 Å². The highest BCUT2D eigenvalue weighted by Gasteiger charge is 2.09. The van der Waals surface area contributed by atoms with Gasteiger partial charge in [-0.05, 0) is 18.2 Å². The van der Waals surface area contributed by atoms with Crippen molar-refractivity contribution in [3.05, 3.63) is 55.4 Å². The molecule has 0 aliphatic heterocycles. The zero-order valence-corrected chi connectivity index (χ0v) is 14.1. The largest absolute Gasteiger partial charge is 0.293 e. The van der Waals surface area contributed by atoms with Gasteiger partial charge in [-0.25, -0.2) is 9.97 Å². The molecule has 3 aromatic rings. The maximum atomic E-state index is 12.5. The lowest BCUT2D eigenvalue weighted by Crippen LogP contribution is -2.21. The van der Waals surface area contributed by atoms with Crippen molar-refractivity contribution < 1.29 is 0 Å². The Morgan fingerprint density at radius 3 is 2.90 bits per heavy atom. The van der Waals surface area contributed by atoms with Gasteiger partial charge in [-0.1, -0.05) is 29.8 Å². The Kier molecular flexibility index (Phi) is 3.91. The van der Waals surface area contributed by atoms with E-state index in [9.17, 15) is 4.79 Å². The highest BCUT2D eigenvalue weighted by Crippen LogP contribution is 2.20. The molecule has 0 spiro atoms. The number of hydrogen-bond acceptors (Lipinski definition) is 4. The van der Waals surface area contributed by atoms with Gasteiger partial charge in [0.15, 0.2) is 0 Å². The van der Waals surface area contributed by atoms with Crippen LogP contribution in [-0.2, 0) is 6.54 Å². The molecule has 0 aliphatic rings. The summed E-state index contributed by atoms with van der Waals surface area (Å²) >= 11 is 5.02. The maximum absolute atomic E-state index is 12.5. The Morgan fingerprint density at radius 2 is 2.19 bits per heavy atom. The molecule has 0 unspecified atom stereocenters. The molecule has 0 radical (unpaired) electrons. The van der Waals surface area contributed by atoms with Gasteiger partial charge in [0, 0.05) is 15.8 Å². The van der Waals surface area contributed by atoms with E-state index in [1.807, 2.05) is 17.5 Å². The van der Waals surface area contributed by atoms with E-state index in [1.54, 1.807) is 28.3 Å². The third-order valence-electron chi connectivity index (χ3n) is 3.18. The minimum atomic E-state index is -0.0356. The Labute approximate surface area is 134 Å². The molecule has 108 valence electrons. The van der Waals surface area contributed by atoms with E-state index in [1.165, 1.54) is 0 Å². The van der Waals surface area contributed by atoms with Crippen LogP contribution >= 0.6 is 27.3 Å². The molecule has 2 aromatic heterocycles. The van der Waals surface area contributed by atoms with E-state index >= 15 is 0 Å². The van der Waals surface area contributed by atoms with Crippen LogP contribution < -0.4 is 5.56 Å². The molecule has 0 atom stereocenters. The topological polar surface area (TPSA) is 47.8 Å². The molecule has 0 saturated heterocycles. The third kappa shape index (κ3) is 2.91. The van der Waals surface area contributed by atoms with Crippen molar-refractivity contribution in [1.29, 1.82) is 0 Å². The molecule has 0 amide bonds. The molecule has 21 heavy (non-hydrogen) atoms. The summed E-state index contributed by atoms with van der Waals surface area (Å²) in [6.07, 6.45) is 1.59. The summed E-state index contributed by atoms with van der Waals surface area (Å²) in [5.74, 6) is 0.410. The summed E-state index contributed by atoms with van der Waals surface area (Å²) in [6, 6.07) is 5.50. The summed E-state index contributed by atoms with van der Waals surface area (Å²) < 4.78 is 2.52. The second-order valence-corrected chi connectivity index (χ2v) is 6.98. The number of nitrogens with zero attached hydrogens (tertiary/aromatic N) is 3. The van der Waals surface area contributed by atoms with E-state index in [4.69, 9.17) is 0 Å². The lowest BCUT2D eigenvalue weighted by Gasteiger charge is -2.05. The van der Waals surface area contributed by atoms with Gasteiger partial charge >= 0.3 is 0 Å². The fourth-order valence-corrected chi connectivity index (χ4v) is 3.25. The zero-order chi connectivity index (χ0) is 15.0. The van der Waals surface area contributed by atoms with Crippen LogP contribution in [0.1, 0.15) is 30.5 Å². The molecular formula is C15H14BrN3OS. The van der Waals surface area contributed by atoms with Crippen LogP contribution in [0, 0.1) is 0 Å². The fraction of sp³-hybridized carbons (Fsp3) is 0.267. The van der Waals surface area contributed by atoms with Gasteiger partial charge in [-0.3, -0.25) is 9.36 Å². The van der Waals surface area contributed by atoms with Crippen LogP contribution in [0.4, 0.5) is 0 Å². The quantitative estimate of drug-likeness (QED) is 0.711. The van der Waals surface area contributed by atoms with Gasteiger partial charge in [0.1, 0.15) is 0 Å². The highest BCUT2D eigenvalue weighted by molar-refractivity contribution is 9.10. The molecule has 0 N–H and O–H groups in total. The van der Waals surface area contributed by atoms with E-state index in [2.05, 4.69) is 39.7 Å². The van der Waals surface area contributed by atoms with Crippen molar-refractivity contribution in [3.63, 3.8) is 0 Å². The molecule has 0 aliphatic carbocycles. The van der Waals surface area contributed by atoms with Crippen LogP contribution in [0.2, 0.25) is 0 Å². The van der Waals surface area contributed by atoms with E-state index < -0.39 is 0 Å². The van der Waals surface area contributed by atoms with E-state index in [0.717, 1.165) is 15.2 Å². The van der Waals surface area contributed by atoms with Crippen LogP contribution in [0.5, 0.6) is 0 Å². The predicted molar refractivity (Wildman–Crippen MR) is 89.0 cm³/mol. The van der Waals surface area contributed by atoms with Gasteiger partial charge in [-0.15, -0.1) is 11.3 Å². The molecule has 6 heteroatoms. The normalized spacial score (nSPS) is 11.4. The Morgan fingerprint density at radius 1 is 1.38 bits per heavy atom. The van der Waals surface area contributed by atoms with Crippen molar-refractivity contribution in [3.8, 4) is 0 Å². The molecule has 2 heterocycles. The monoisotopic (exact) mass is 363 g/mol. The molecule has 1 aromatic carbocycles. The van der Waals surface area contributed by atoms with Crippen LogP contribution in [0.15, 0.2) is 39.2 Å². The first-order valence-electron chi connectivity index (χ1n) is 6.63. The standard InChI is InChI=1S/C15H14BrN3OS/c1-9(2)14-18-11(7-21-14)6-19-8-17-13-5-10(16)3-4-12(13)15(19)20/h3-5,7-9H,6H2,1-2H3. The van der Waals surface area contributed by atoms with Gasteiger partial charge in [-0.2, -0.15) is 0 Å². The Balaban J connectivity index is 1.99. The first kappa shape index (κ1) is 14.4. The Bertz CT molecular complexity index is 853. The average Bonchev–Trinajstić information content (AvgIpc) is 2.91. The van der Waals surface area contributed by atoms with Crippen LogP contribution in [0.3, 0.4) is 0 Å². The molecule has 0 saturated carbocycles. The smallest absolute Gasteiger partial charge is 0.261 e. The van der Waals surface area contributed by atoms with Gasteiger partial charge in [0.2, 0.25) is 0 Å². The molecular weight excluding hydrogens is 350 g/mol. The fourth-order valence-electron chi connectivity index (χ4n) is 2.08. The number of halogens is 1. The van der Waals surface area contributed by atoms with Gasteiger partial charge in [0.25, 0.3) is 5.56 Å². The molecule has 0 bridgehead atoms. The molecule has 0 fully saturated rings. The first-order chi connectivity index (χ1) is 10.0. The van der Waals surface area contributed by atoms with Crippen LogP contribution in [0.25, 0.3) is 10.9 Å². The maximum Gasteiger partial charge on any atom is 0.261 e. The van der Waals surface area contributed by atoms with Gasteiger partial charge in [0.05, 0.1) is 34.5 Å². The summed E-state index contributed by atoms with van der Waals surface area (Å²) in [6.45, 7) is 4.69. The SMILES string of the molecule is CC(C)c1nc(Cn2cnc3cc(Br)ccc3c2=O)cs1. The highest BCUT2D eigenvalue weighted by atomic mass is 79.9. The van der Waals surface area contributed by atoms with E-state index in [0.29, 0.717) is 23.4 Å². The van der Waals surface area contributed by atoms with Crippen molar-refractivity contribution in [2.24, 2.45) is 0 Å². The zero-order valence-electron chi connectivity index (χ0n) is 11.7. The number of fused-ring (bicyclic) bond motifs is 1.